The van der Waals surface area contributed by atoms with Crippen LogP contribution in [0.3, 0.4) is 0 Å². The third-order valence-electron chi connectivity index (χ3n) is 2.31. The van der Waals surface area contributed by atoms with Crippen molar-refractivity contribution in [3.63, 3.8) is 0 Å². The number of benzene rings is 1. The Morgan fingerprint density at radius 1 is 1.11 bits per heavy atom. The normalized spacial score (nSPS) is 11.7. The van der Waals surface area contributed by atoms with E-state index in [0.717, 1.165) is 6.07 Å². The zero-order valence-corrected chi connectivity index (χ0v) is 8.78. The highest BCUT2D eigenvalue weighted by Crippen LogP contribution is 2.42. The number of aromatic amines is 1. The predicted octanol–water partition coefficient (Wildman–Crippen LogP) is 2.09. The topological polar surface area (TPSA) is 95.2 Å². The lowest BCUT2D eigenvalue weighted by atomic mass is 10.0. The fourth-order valence-corrected chi connectivity index (χ4v) is 1.51. The first-order valence-corrected chi connectivity index (χ1v) is 4.73. The predicted molar refractivity (Wildman–Crippen MR) is 56.8 cm³/mol. The molecule has 0 radical (unpaired) electrons. The number of nitrogen functional groups attached to an aromatic ring is 1. The molecule has 1 aromatic carbocycles. The minimum atomic E-state index is -4.68. The second-order valence-electron chi connectivity index (χ2n) is 3.59. The van der Waals surface area contributed by atoms with Gasteiger partial charge < -0.3 is 15.9 Å². The van der Waals surface area contributed by atoms with E-state index < -0.39 is 23.2 Å². The molecule has 96 valence electrons. The molecule has 18 heavy (non-hydrogen) atoms. The molecule has 0 atom stereocenters. The maximum atomic E-state index is 12.8. The van der Waals surface area contributed by atoms with E-state index in [1.165, 1.54) is 6.07 Å². The van der Waals surface area contributed by atoms with Crippen LogP contribution in [-0.2, 0) is 6.18 Å². The maximum absolute atomic E-state index is 12.8. The van der Waals surface area contributed by atoms with E-state index in [0.29, 0.717) is 6.07 Å². The Morgan fingerprint density at radius 3 is 2.22 bits per heavy atom. The zero-order valence-electron chi connectivity index (χ0n) is 8.78. The Kier molecular flexibility index (Phi) is 2.57. The molecule has 0 aliphatic carbocycles. The number of phenolic OH excluding ortho intramolecular Hbond substituents is 2. The minimum Gasteiger partial charge on any atom is -0.504 e. The van der Waals surface area contributed by atoms with E-state index in [9.17, 15) is 18.3 Å². The summed E-state index contributed by atoms with van der Waals surface area (Å²) >= 11 is 0. The number of anilines is 1. The second kappa shape index (κ2) is 3.83. The number of nitrogens with one attached hydrogen (secondary N) is 1. The van der Waals surface area contributed by atoms with Gasteiger partial charge in [-0.1, -0.05) is 0 Å². The molecule has 5 nitrogen and oxygen atoms in total. The SMILES string of the molecule is Nc1cc(-c2cc(O)c(O)cc2C(F)(F)F)[nH]n1. The summed E-state index contributed by atoms with van der Waals surface area (Å²) in [6.45, 7) is 0. The van der Waals surface area contributed by atoms with Crippen molar-refractivity contribution in [3.8, 4) is 22.8 Å². The first-order valence-electron chi connectivity index (χ1n) is 4.73. The molecule has 0 spiro atoms. The molecule has 2 aromatic rings. The van der Waals surface area contributed by atoms with Crippen molar-refractivity contribution < 1.29 is 23.4 Å². The molecule has 0 bridgehead atoms. The highest BCUT2D eigenvalue weighted by atomic mass is 19.4. The number of aromatic hydroxyl groups is 2. The van der Waals surface area contributed by atoms with E-state index in [1.807, 2.05) is 0 Å². The van der Waals surface area contributed by atoms with E-state index in [2.05, 4.69) is 10.2 Å². The molecule has 0 amide bonds. The summed E-state index contributed by atoms with van der Waals surface area (Å²) in [5, 5.41) is 24.2. The summed E-state index contributed by atoms with van der Waals surface area (Å²) < 4.78 is 38.4. The number of nitrogens with two attached hydrogens (primary N) is 1. The highest BCUT2D eigenvalue weighted by Gasteiger charge is 2.35. The van der Waals surface area contributed by atoms with Gasteiger partial charge in [0.15, 0.2) is 11.5 Å². The van der Waals surface area contributed by atoms with Crippen molar-refractivity contribution in [3.05, 3.63) is 23.8 Å². The van der Waals surface area contributed by atoms with Crippen LogP contribution in [0.5, 0.6) is 11.5 Å². The van der Waals surface area contributed by atoms with Crippen molar-refractivity contribution in [1.82, 2.24) is 10.2 Å². The van der Waals surface area contributed by atoms with Crippen LogP contribution in [0.4, 0.5) is 19.0 Å². The van der Waals surface area contributed by atoms with Gasteiger partial charge in [-0.2, -0.15) is 18.3 Å². The number of nitrogens with zero attached hydrogens (tertiary/aromatic N) is 1. The summed E-state index contributed by atoms with van der Waals surface area (Å²) in [6.07, 6.45) is -4.68. The molecule has 8 heteroatoms. The van der Waals surface area contributed by atoms with Crippen LogP contribution in [0.1, 0.15) is 5.56 Å². The van der Waals surface area contributed by atoms with Gasteiger partial charge in [-0.15, -0.1) is 0 Å². The molecule has 0 aliphatic heterocycles. The molecule has 0 saturated heterocycles. The van der Waals surface area contributed by atoms with Gasteiger partial charge >= 0.3 is 6.18 Å². The number of phenols is 2. The van der Waals surface area contributed by atoms with Crippen molar-refractivity contribution >= 4 is 5.82 Å². The van der Waals surface area contributed by atoms with Crippen LogP contribution in [0.15, 0.2) is 18.2 Å². The standard InChI is InChI=1S/C10H8F3N3O2/c11-10(12,13)5-2-8(18)7(17)1-4(5)6-3-9(14)16-15-6/h1-3,17-18H,(H3,14,15,16). The van der Waals surface area contributed by atoms with Crippen molar-refractivity contribution in [2.45, 2.75) is 6.18 Å². The fourth-order valence-electron chi connectivity index (χ4n) is 1.51. The van der Waals surface area contributed by atoms with Gasteiger partial charge in [0, 0.05) is 11.6 Å². The van der Waals surface area contributed by atoms with Crippen molar-refractivity contribution in [2.24, 2.45) is 0 Å². The number of rotatable bonds is 1. The molecule has 5 N–H and O–H groups in total. The van der Waals surface area contributed by atoms with Gasteiger partial charge in [-0.05, 0) is 12.1 Å². The number of hydrogen-bond acceptors (Lipinski definition) is 4. The van der Waals surface area contributed by atoms with Crippen molar-refractivity contribution in [1.29, 1.82) is 0 Å². The first-order chi connectivity index (χ1) is 8.29. The Labute approximate surface area is 98.7 Å². The molecular weight excluding hydrogens is 251 g/mol. The highest BCUT2D eigenvalue weighted by molar-refractivity contribution is 5.70. The van der Waals surface area contributed by atoms with E-state index >= 15 is 0 Å². The Morgan fingerprint density at radius 2 is 1.72 bits per heavy atom. The van der Waals surface area contributed by atoms with Gasteiger partial charge in [0.05, 0.1) is 11.3 Å². The molecule has 2 rings (SSSR count). The largest absolute Gasteiger partial charge is 0.504 e. The van der Waals surface area contributed by atoms with Gasteiger partial charge in [-0.3, -0.25) is 5.10 Å². The lowest BCUT2D eigenvalue weighted by Crippen LogP contribution is -2.07. The first kappa shape index (κ1) is 12.1. The lowest BCUT2D eigenvalue weighted by Gasteiger charge is -2.12. The molecular formula is C10H8F3N3O2. The summed E-state index contributed by atoms with van der Waals surface area (Å²) in [7, 11) is 0. The van der Waals surface area contributed by atoms with Crippen LogP contribution in [0.2, 0.25) is 0 Å². The zero-order chi connectivity index (χ0) is 13.5. The van der Waals surface area contributed by atoms with Crippen molar-refractivity contribution in [2.75, 3.05) is 5.73 Å². The Hall–Kier alpha value is -2.38. The molecule has 0 fully saturated rings. The average Bonchev–Trinajstić information content (AvgIpc) is 2.67. The molecule has 0 aliphatic rings. The third-order valence-corrected chi connectivity index (χ3v) is 2.31. The van der Waals surface area contributed by atoms with Gasteiger partial charge in [0.25, 0.3) is 0 Å². The van der Waals surface area contributed by atoms with Crippen LogP contribution in [0, 0.1) is 0 Å². The monoisotopic (exact) mass is 259 g/mol. The van der Waals surface area contributed by atoms with Gasteiger partial charge in [-0.25, -0.2) is 0 Å². The molecule has 1 aromatic heterocycles. The third kappa shape index (κ3) is 2.04. The smallest absolute Gasteiger partial charge is 0.417 e. The molecule has 1 heterocycles. The Bertz CT molecular complexity index is 593. The molecule has 0 unspecified atom stereocenters. The number of halogens is 3. The summed E-state index contributed by atoms with van der Waals surface area (Å²) in [5.74, 6) is -1.49. The van der Waals surface area contributed by atoms with Crippen LogP contribution in [0.25, 0.3) is 11.3 Å². The number of hydrogen-bond donors (Lipinski definition) is 4. The lowest BCUT2D eigenvalue weighted by molar-refractivity contribution is -0.137. The van der Waals surface area contributed by atoms with E-state index in [-0.39, 0.29) is 17.1 Å². The maximum Gasteiger partial charge on any atom is 0.417 e. The van der Waals surface area contributed by atoms with Crippen LogP contribution in [-0.4, -0.2) is 20.4 Å². The van der Waals surface area contributed by atoms with Gasteiger partial charge in [0.1, 0.15) is 5.82 Å². The van der Waals surface area contributed by atoms with E-state index in [4.69, 9.17) is 10.8 Å². The van der Waals surface area contributed by atoms with Gasteiger partial charge in [0.2, 0.25) is 0 Å². The second-order valence-corrected chi connectivity index (χ2v) is 3.59. The summed E-state index contributed by atoms with van der Waals surface area (Å²) in [5.41, 5.74) is 3.86. The Balaban J connectivity index is 2.69. The summed E-state index contributed by atoms with van der Waals surface area (Å²) in [6, 6.07) is 2.44. The fraction of sp³-hybridized carbons (Fsp3) is 0.100. The average molecular weight is 259 g/mol. The number of alkyl halides is 3. The van der Waals surface area contributed by atoms with Crippen LogP contribution < -0.4 is 5.73 Å². The quantitative estimate of drug-likeness (QED) is 0.590. The summed E-state index contributed by atoms with van der Waals surface area (Å²) in [4.78, 5) is 0. The number of aromatic nitrogens is 2. The van der Waals surface area contributed by atoms with Crippen LogP contribution >= 0.6 is 0 Å². The molecule has 0 saturated carbocycles. The minimum absolute atomic E-state index is 0.00451. The number of H-pyrrole nitrogens is 1. The van der Waals surface area contributed by atoms with E-state index in [1.54, 1.807) is 0 Å².